The van der Waals surface area contributed by atoms with E-state index in [0.29, 0.717) is 5.92 Å². The molecular formula is C48H60N2O2. The van der Waals surface area contributed by atoms with Crippen molar-refractivity contribution in [3.05, 3.63) is 152 Å². The van der Waals surface area contributed by atoms with Gasteiger partial charge < -0.3 is 4.90 Å². The Kier molecular flexibility index (Phi) is 10.6. The van der Waals surface area contributed by atoms with Crippen molar-refractivity contribution in [3.63, 3.8) is 0 Å². The largest absolute Gasteiger partial charge is 0.344 e. The summed E-state index contributed by atoms with van der Waals surface area (Å²) >= 11 is 0. The summed E-state index contributed by atoms with van der Waals surface area (Å²) in [6.07, 6.45) is 8.39. The normalized spacial score (nSPS) is 16.6. The predicted molar refractivity (Wildman–Crippen MR) is 223 cm³/mol. The second kappa shape index (κ2) is 14.2. The lowest BCUT2D eigenvalue weighted by atomic mass is 9.69. The van der Waals surface area contributed by atoms with Crippen LogP contribution in [-0.2, 0) is 28.1 Å². The number of nitro groups is 1. The first-order valence-electron chi connectivity index (χ1n) is 18.9. The van der Waals surface area contributed by atoms with Crippen molar-refractivity contribution in [1.29, 1.82) is 0 Å². The van der Waals surface area contributed by atoms with Crippen LogP contribution in [0.15, 0.2) is 109 Å². The van der Waals surface area contributed by atoms with Gasteiger partial charge in [0.15, 0.2) is 0 Å². The molecule has 1 unspecified atom stereocenters. The van der Waals surface area contributed by atoms with Crippen LogP contribution in [-0.4, -0.2) is 11.5 Å². The fourth-order valence-electron chi connectivity index (χ4n) is 7.82. The molecule has 0 aromatic heterocycles. The highest BCUT2D eigenvalue weighted by Crippen LogP contribution is 2.49. The highest BCUT2D eigenvalue weighted by atomic mass is 16.6. The maximum Gasteiger partial charge on any atom is 0.269 e. The second-order valence-electron chi connectivity index (χ2n) is 18.2. The number of fused-ring (bicyclic) bond motifs is 2. The van der Waals surface area contributed by atoms with Crippen LogP contribution in [0.3, 0.4) is 0 Å². The first-order chi connectivity index (χ1) is 24.1. The van der Waals surface area contributed by atoms with E-state index >= 15 is 0 Å². The van der Waals surface area contributed by atoms with Crippen molar-refractivity contribution in [2.24, 2.45) is 5.92 Å². The molecule has 0 saturated heterocycles. The van der Waals surface area contributed by atoms with Crippen LogP contribution in [0.2, 0.25) is 0 Å². The van der Waals surface area contributed by atoms with Gasteiger partial charge in [-0.2, -0.15) is 0 Å². The zero-order valence-electron chi connectivity index (χ0n) is 33.8. The lowest BCUT2D eigenvalue weighted by molar-refractivity contribution is -0.384. The second-order valence-corrected chi connectivity index (χ2v) is 18.2. The number of non-ortho nitro benzene ring substituents is 1. The number of nitrogens with zero attached hydrogens (tertiary/aromatic N) is 2. The summed E-state index contributed by atoms with van der Waals surface area (Å²) in [6, 6.07) is 25.7. The van der Waals surface area contributed by atoms with Crippen molar-refractivity contribution in [1.82, 2.24) is 0 Å². The van der Waals surface area contributed by atoms with Gasteiger partial charge in [0.1, 0.15) is 0 Å². The smallest absolute Gasteiger partial charge is 0.269 e. The molecule has 4 aromatic rings. The number of hydrogen-bond acceptors (Lipinski definition) is 3. The Hall–Kier alpha value is -4.44. The van der Waals surface area contributed by atoms with Crippen LogP contribution in [0.1, 0.15) is 116 Å². The van der Waals surface area contributed by atoms with Gasteiger partial charge >= 0.3 is 0 Å². The van der Waals surface area contributed by atoms with Crippen LogP contribution in [0.25, 0.3) is 10.8 Å². The minimum atomic E-state index is -0.404. The fraction of sp³-hybridized carbons (Fsp3) is 0.417. The SMILES string of the molecule is C=C(/C=C/C=C1/N(CCC(C)C)c2ccc([N+](=O)[O-])cc2C1(C)C)C(C)(Cc1cc(C(C)(C)C)cc(C(C)(C)C)c1)c1ccc2ccccc2c1C. The molecule has 0 radical (unpaired) electrons. The van der Waals surface area contributed by atoms with Gasteiger partial charge in [-0.25, -0.2) is 0 Å². The molecule has 0 spiro atoms. The molecule has 0 amide bonds. The average molecular weight is 697 g/mol. The molecule has 0 bridgehead atoms. The lowest BCUT2D eigenvalue weighted by Crippen LogP contribution is -2.29. The number of aryl methyl sites for hydroxylation is 1. The molecule has 4 nitrogen and oxygen atoms in total. The minimum absolute atomic E-state index is 0.0158. The van der Waals surface area contributed by atoms with Gasteiger partial charge in [-0.1, -0.05) is 149 Å². The number of hydrogen-bond donors (Lipinski definition) is 0. The van der Waals surface area contributed by atoms with Crippen LogP contribution < -0.4 is 4.90 Å². The molecule has 1 aliphatic rings. The molecule has 274 valence electrons. The van der Waals surface area contributed by atoms with Crippen molar-refractivity contribution < 1.29 is 4.92 Å². The van der Waals surface area contributed by atoms with Gasteiger partial charge in [0.25, 0.3) is 5.69 Å². The Labute approximate surface area is 313 Å². The molecule has 0 aliphatic carbocycles. The lowest BCUT2D eigenvalue weighted by Gasteiger charge is -2.35. The highest BCUT2D eigenvalue weighted by molar-refractivity contribution is 5.87. The monoisotopic (exact) mass is 696 g/mol. The van der Waals surface area contributed by atoms with Crippen molar-refractivity contribution in [2.45, 2.75) is 118 Å². The quantitative estimate of drug-likeness (QED) is 0.0942. The van der Waals surface area contributed by atoms with Gasteiger partial charge in [-0.15, -0.1) is 0 Å². The van der Waals surface area contributed by atoms with E-state index < -0.39 is 10.8 Å². The third kappa shape index (κ3) is 7.68. The molecule has 4 heteroatoms. The topological polar surface area (TPSA) is 46.4 Å². The van der Waals surface area contributed by atoms with Crippen LogP contribution in [0.4, 0.5) is 11.4 Å². The van der Waals surface area contributed by atoms with Crippen LogP contribution >= 0.6 is 0 Å². The predicted octanol–water partition coefficient (Wildman–Crippen LogP) is 13.0. The number of anilines is 1. The van der Waals surface area contributed by atoms with E-state index in [4.69, 9.17) is 6.58 Å². The Balaban J connectivity index is 1.63. The van der Waals surface area contributed by atoms with Gasteiger partial charge in [-0.05, 0) is 98.4 Å². The van der Waals surface area contributed by atoms with E-state index in [0.717, 1.165) is 41.9 Å². The molecule has 1 atom stereocenters. The third-order valence-electron chi connectivity index (χ3n) is 11.4. The zero-order valence-corrected chi connectivity index (χ0v) is 33.8. The molecule has 52 heavy (non-hydrogen) atoms. The van der Waals surface area contributed by atoms with E-state index in [-0.39, 0.29) is 21.4 Å². The number of nitro benzene ring substituents is 1. The van der Waals surface area contributed by atoms with E-state index in [1.54, 1.807) is 12.1 Å². The number of benzene rings is 4. The summed E-state index contributed by atoms with van der Waals surface area (Å²) < 4.78 is 0. The van der Waals surface area contributed by atoms with E-state index in [1.807, 2.05) is 6.07 Å². The Morgan fingerprint density at radius 1 is 0.904 bits per heavy atom. The standard InChI is InChI=1S/C48H60N2O2/c1-32(2)25-26-49-43-24-22-39(50(51)52)30-42(43)47(11,12)44(49)20-16-17-33(3)48(13,41-23-21-36-18-14-15-19-40(36)34(41)4)31-35-27-37(45(5,6)7)29-38(28-35)46(8,9)10/h14-24,27-30,32H,3,25-26,31H2,1-2,4-13H3/b17-16+,44-20+. The Bertz CT molecular complexity index is 2030. The summed E-state index contributed by atoms with van der Waals surface area (Å²) in [7, 11) is 0. The van der Waals surface area contributed by atoms with E-state index in [2.05, 4.69) is 161 Å². The summed E-state index contributed by atoms with van der Waals surface area (Å²) in [4.78, 5) is 13.8. The van der Waals surface area contributed by atoms with Crippen molar-refractivity contribution in [2.75, 3.05) is 11.4 Å². The molecule has 0 saturated carbocycles. The van der Waals surface area contributed by atoms with Gasteiger partial charge in [-0.3, -0.25) is 10.1 Å². The number of allylic oxidation sites excluding steroid dienone is 5. The Morgan fingerprint density at radius 2 is 1.54 bits per heavy atom. The molecule has 4 aromatic carbocycles. The molecular weight excluding hydrogens is 637 g/mol. The van der Waals surface area contributed by atoms with Crippen molar-refractivity contribution in [3.8, 4) is 0 Å². The maximum absolute atomic E-state index is 11.8. The van der Waals surface area contributed by atoms with Gasteiger partial charge in [0.2, 0.25) is 0 Å². The first-order valence-corrected chi connectivity index (χ1v) is 18.9. The summed E-state index contributed by atoms with van der Waals surface area (Å²) in [5.41, 5.74) is 10.2. The summed E-state index contributed by atoms with van der Waals surface area (Å²) in [6.45, 7) is 32.9. The summed E-state index contributed by atoms with van der Waals surface area (Å²) in [5, 5.41) is 14.3. The van der Waals surface area contributed by atoms with Gasteiger partial charge in [0, 0.05) is 40.9 Å². The fourth-order valence-corrected chi connectivity index (χ4v) is 7.82. The van der Waals surface area contributed by atoms with Crippen LogP contribution in [0.5, 0.6) is 0 Å². The molecule has 0 fully saturated rings. The zero-order chi connectivity index (χ0) is 38.4. The highest BCUT2D eigenvalue weighted by Gasteiger charge is 2.41. The van der Waals surface area contributed by atoms with Gasteiger partial charge in [0.05, 0.1) is 4.92 Å². The first kappa shape index (κ1) is 38.8. The molecule has 0 N–H and O–H groups in total. The molecule has 1 aliphatic heterocycles. The minimum Gasteiger partial charge on any atom is -0.344 e. The third-order valence-corrected chi connectivity index (χ3v) is 11.4. The van der Waals surface area contributed by atoms with Crippen molar-refractivity contribution >= 4 is 22.1 Å². The average Bonchev–Trinajstić information content (AvgIpc) is 3.27. The van der Waals surface area contributed by atoms with E-state index in [9.17, 15) is 10.1 Å². The molecule has 1 heterocycles. The van der Waals surface area contributed by atoms with E-state index in [1.165, 1.54) is 38.6 Å². The maximum atomic E-state index is 11.8. The van der Waals surface area contributed by atoms with Crippen LogP contribution in [0, 0.1) is 23.0 Å². The summed E-state index contributed by atoms with van der Waals surface area (Å²) in [5.74, 6) is 0.531. The molecule has 5 rings (SSSR count). The number of rotatable bonds is 10. The Morgan fingerprint density at radius 3 is 2.13 bits per heavy atom.